The van der Waals surface area contributed by atoms with Crippen LogP contribution in [0.4, 0.5) is 5.69 Å². The third-order valence-electron chi connectivity index (χ3n) is 6.78. The highest BCUT2D eigenvalue weighted by atomic mass is 32.1. The quantitative estimate of drug-likeness (QED) is 0.364. The van der Waals surface area contributed by atoms with Gasteiger partial charge in [0.1, 0.15) is 4.83 Å². The summed E-state index contributed by atoms with van der Waals surface area (Å²) in [5.41, 5.74) is 16.0. The zero-order valence-corrected chi connectivity index (χ0v) is 19.0. The van der Waals surface area contributed by atoms with Crippen LogP contribution in [0.2, 0.25) is 0 Å². The number of anilines is 1. The lowest BCUT2D eigenvalue weighted by Crippen LogP contribution is -2.33. The van der Waals surface area contributed by atoms with E-state index in [9.17, 15) is 4.79 Å². The summed E-state index contributed by atoms with van der Waals surface area (Å²) in [5.74, 6) is -0.144. The maximum Gasteiger partial charge on any atom is 0.261 e. The van der Waals surface area contributed by atoms with Gasteiger partial charge in [0.15, 0.2) is 0 Å². The van der Waals surface area contributed by atoms with Gasteiger partial charge < -0.3 is 16.8 Å². The van der Waals surface area contributed by atoms with Crippen molar-refractivity contribution in [2.45, 2.75) is 44.1 Å². The number of nitrogen functional groups attached to an aromatic ring is 1. The van der Waals surface area contributed by atoms with E-state index < -0.39 is 0 Å². The average molecular weight is 445 g/mol. The summed E-state index contributed by atoms with van der Waals surface area (Å²) in [6.45, 7) is 2.66. The molecule has 4 aromatic rings. The van der Waals surface area contributed by atoms with Crippen LogP contribution in [0.15, 0.2) is 54.6 Å². The molecule has 1 aliphatic carbocycles. The number of fused-ring (bicyclic) bond motifs is 2. The van der Waals surface area contributed by atoms with Crippen molar-refractivity contribution in [3.63, 3.8) is 0 Å². The summed E-state index contributed by atoms with van der Waals surface area (Å²) in [6, 6.07) is 17.9. The minimum atomic E-state index is -0.294. The minimum Gasteiger partial charge on any atom is -0.399 e. The van der Waals surface area contributed by atoms with Crippen LogP contribution in [0.1, 0.15) is 59.4 Å². The first kappa shape index (κ1) is 20.9. The predicted molar refractivity (Wildman–Crippen MR) is 133 cm³/mol. The molecule has 1 atom stereocenters. The van der Waals surface area contributed by atoms with Crippen molar-refractivity contribution in [3.8, 4) is 0 Å². The summed E-state index contributed by atoms with van der Waals surface area (Å²) < 4.78 is 0. The first-order valence-corrected chi connectivity index (χ1v) is 12.0. The fourth-order valence-electron chi connectivity index (χ4n) is 4.85. The van der Waals surface area contributed by atoms with Gasteiger partial charge in [-0.2, -0.15) is 0 Å². The molecule has 5 N–H and O–H groups in total. The first-order chi connectivity index (χ1) is 15.4. The van der Waals surface area contributed by atoms with Gasteiger partial charge in [-0.15, -0.1) is 11.3 Å². The summed E-state index contributed by atoms with van der Waals surface area (Å²) >= 11 is 1.41. The molecule has 0 spiro atoms. The normalized spacial score (nSPS) is 16.4. The molecule has 0 aliphatic heterocycles. The fraction of sp³-hybridized carbons (Fsp3) is 0.308. The highest BCUT2D eigenvalue weighted by Gasteiger charge is 2.30. The molecule has 1 aliphatic rings. The molecular formula is C26H28N4OS. The lowest BCUT2D eigenvalue weighted by Gasteiger charge is -2.24. The number of hydrogen-bond donors (Lipinski definition) is 3. The third-order valence-corrected chi connectivity index (χ3v) is 7.83. The Bertz CT molecular complexity index is 1310. The second-order valence-corrected chi connectivity index (χ2v) is 10.1. The van der Waals surface area contributed by atoms with Gasteiger partial charge in [0.05, 0.1) is 16.4 Å². The Hall–Kier alpha value is -2.96. The lowest BCUT2D eigenvalue weighted by molar-refractivity contribution is 0.0942. The van der Waals surface area contributed by atoms with Crippen molar-refractivity contribution in [1.82, 2.24) is 10.3 Å². The number of aromatic nitrogens is 1. The van der Waals surface area contributed by atoms with Gasteiger partial charge in [-0.1, -0.05) is 38.0 Å². The van der Waals surface area contributed by atoms with Crippen LogP contribution in [0.5, 0.6) is 0 Å². The Morgan fingerprint density at radius 2 is 1.94 bits per heavy atom. The molecule has 2 aromatic heterocycles. The molecule has 1 fully saturated rings. The van der Waals surface area contributed by atoms with Crippen molar-refractivity contribution in [2.24, 2.45) is 5.73 Å². The molecule has 5 nitrogen and oxygen atoms in total. The first-order valence-electron chi connectivity index (χ1n) is 11.2. The molecule has 5 rings (SSSR count). The molecule has 6 heteroatoms. The van der Waals surface area contributed by atoms with Gasteiger partial charge in [-0.05, 0) is 65.8 Å². The number of thiophene rings is 1. The average Bonchev–Trinajstić information content (AvgIpc) is 3.42. The maximum absolute atomic E-state index is 13.0. The van der Waals surface area contributed by atoms with Crippen LogP contribution in [0.25, 0.3) is 21.1 Å². The van der Waals surface area contributed by atoms with Crippen molar-refractivity contribution < 1.29 is 4.79 Å². The lowest BCUT2D eigenvalue weighted by atomic mass is 9.80. The number of nitrogens with one attached hydrogen (secondary N) is 1. The number of nitrogens with zero attached hydrogens (tertiary/aromatic N) is 1. The Balaban J connectivity index is 1.44. The van der Waals surface area contributed by atoms with Crippen molar-refractivity contribution in [1.29, 1.82) is 0 Å². The molecule has 2 heterocycles. The standard InChI is InChI=1S/C26H28N4OS/c1-26(9-2-3-10-26)19-7-8-21-17(12-19)11-18-14-23(32-25(18)30-21)24(31)29-22(15-27)16-5-4-6-20(28)13-16/h4-8,11-14,22H,2-3,9-10,15,27-28H2,1H3,(H,29,31). The van der Waals surface area contributed by atoms with E-state index in [-0.39, 0.29) is 17.4 Å². The summed E-state index contributed by atoms with van der Waals surface area (Å²) in [6.07, 6.45) is 5.08. The molecule has 1 saturated carbocycles. The Kier molecular flexibility index (Phi) is 5.35. The molecule has 1 amide bonds. The second-order valence-electron chi connectivity index (χ2n) is 9.10. The fourth-order valence-corrected chi connectivity index (χ4v) is 5.78. The second kappa shape index (κ2) is 8.19. The topological polar surface area (TPSA) is 94.0 Å². The SMILES string of the molecule is CC1(c2ccc3nc4sc(C(=O)NC(CN)c5cccc(N)c5)cc4cc3c2)CCCC1. The predicted octanol–water partition coefficient (Wildman–Crippen LogP) is 5.29. The Morgan fingerprint density at radius 1 is 1.12 bits per heavy atom. The maximum atomic E-state index is 13.0. The number of carbonyl (C=O) groups excluding carboxylic acids is 1. The zero-order valence-electron chi connectivity index (χ0n) is 18.2. The van der Waals surface area contributed by atoms with E-state index in [0.29, 0.717) is 17.1 Å². The number of hydrogen-bond acceptors (Lipinski definition) is 5. The van der Waals surface area contributed by atoms with Gasteiger partial charge in [-0.3, -0.25) is 4.79 Å². The molecule has 2 aromatic carbocycles. The van der Waals surface area contributed by atoms with Gasteiger partial charge in [0, 0.05) is 23.0 Å². The molecule has 0 bridgehead atoms. The van der Waals surface area contributed by atoms with Crippen LogP contribution < -0.4 is 16.8 Å². The van der Waals surface area contributed by atoms with Crippen LogP contribution >= 0.6 is 11.3 Å². The van der Waals surface area contributed by atoms with E-state index in [1.54, 1.807) is 0 Å². The largest absolute Gasteiger partial charge is 0.399 e. The number of benzene rings is 2. The Labute approximate surface area is 191 Å². The van der Waals surface area contributed by atoms with E-state index >= 15 is 0 Å². The highest BCUT2D eigenvalue weighted by Crippen LogP contribution is 2.41. The molecule has 1 unspecified atom stereocenters. The summed E-state index contributed by atoms with van der Waals surface area (Å²) in [5, 5.41) is 5.17. The number of amides is 1. The number of pyridine rings is 1. The van der Waals surface area contributed by atoms with Crippen molar-refractivity contribution in [3.05, 3.63) is 70.6 Å². The number of carbonyl (C=O) groups is 1. The zero-order chi connectivity index (χ0) is 22.3. The van der Waals surface area contributed by atoms with E-state index in [1.165, 1.54) is 42.6 Å². The number of rotatable bonds is 5. The van der Waals surface area contributed by atoms with E-state index in [2.05, 4.69) is 36.5 Å². The van der Waals surface area contributed by atoms with Gasteiger partial charge in [-0.25, -0.2) is 4.98 Å². The minimum absolute atomic E-state index is 0.144. The smallest absolute Gasteiger partial charge is 0.261 e. The van der Waals surface area contributed by atoms with Gasteiger partial charge in [0.25, 0.3) is 5.91 Å². The molecule has 0 saturated heterocycles. The molecule has 164 valence electrons. The highest BCUT2D eigenvalue weighted by molar-refractivity contribution is 7.20. The number of nitrogens with two attached hydrogens (primary N) is 2. The van der Waals surface area contributed by atoms with Crippen molar-refractivity contribution in [2.75, 3.05) is 12.3 Å². The van der Waals surface area contributed by atoms with Gasteiger partial charge >= 0.3 is 0 Å². The third kappa shape index (κ3) is 3.85. The molecular weight excluding hydrogens is 416 g/mol. The van der Waals surface area contributed by atoms with Crippen LogP contribution in [0, 0.1) is 0 Å². The van der Waals surface area contributed by atoms with Crippen molar-refractivity contribution >= 4 is 44.1 Å². The van der Waals surface area contributed by atoms with Gasteiger partial charge in [0.2, 0.25) is 0 Å². The molecule has 0 radical (unpaired) electrons. The van der Waals surface area contributed by atoms with Crippen LogP contribution in [-0.4, -0.2) is 17.4 Å². The van der Waals surface area contributed by atoms with Crippen LogP contribution in [-0.2, 0) is 5.41 Å². The van der Waals surface area contributed by atoms with E-state index in [0.717, 1.165) is 26.7 Å². The monoisotopic (exact) mass is 444 g/mol. The van der Waals surface area contributed by atoms with E-state index in [1.807, 2.05) is 30.3 Å². The molecule has 32 heavy (non-hydrogen) atoms. The summed E-state index contributed by atoms with van der Waals surface area (Å²) in [4.78, 5) is 19.3. The van der Waals surface area contributed by atoms with E-state index in [4.69, 9.17) is 16.5 Å². The summed E-state index contributed by atoms with van der Waals surface area (Å²) in [7, 11) is 0. The van der Waals surface area contributed by atoms with Crippen LogP contribution in [0.3, 0.4) is 0 Å². The Morgan fingerprint density at radius 3 is 2.69 bits per heavy atom.